The molecule has 0 spiro atoms. The molecule has 4 N–H and O–H groups in total. The third kappa shape index (κ3) is 2.01. The molecule has 5 rings (SSSR count). The summed E-state index contributed by atoms with van der Waals surface area (Å²) in [6, 6.07) is 4.79. The number of aromatic hydroxyl groups is 2. The molecule has 2 aliphatic heterocycles. The Bertz CT molecular complexity index is 915. The molecule has 0 bridgehead atoms. The van der Waals surface area contributed by atoms with Gasteiger partial charge in [0, 0.05) is 13.0 Å². The second-order valence-corrected chi connectivity index (χ2v) is 7.15. The van der Waals surface area contributed by atoms with Gasteiger partial charge in [0.15, 0.2) is 23.0 Å². The first-order valence-electron chi connectivity index (χ1n) is 8.14. The molecule has 130 valence electrons. The van der Waals surface area contributed by atoms with Crippen molar-refractivity contribution in [1.29, 1.82) is 0 Å². The number of phenols is 2. The van der Waals surface area contributed by atoms with E-state index in [9.17, 15) is 15.3 Å². The number of hydrogen-bond donors (Lipinski definition) is 4. The third-order valence-electron chi connectivity index (χ3n) is 5.22. The van der Waals surface area contributed by atoms with E-state index < -0.39 is 5.79 Å². The quantitative estimate of drug-likeness (QED) is 0.539. The number of ether oxygens (including phenoxy) is 2. The van der Waals surface area contributed by atoms with Gasteiger partial charge >= 0.3 is 0 Å². The summed E-state index contributed by atoms with van der Waals surface area (Å²) in [4.78, 5) is 0. The Labute approximate surface area is 148 Å². The zero-order valence-electron chi connectivity index (χ0n) is 13.2. The lowest BCUT2D eigenvalue weighted by Gasteiger charge is -2.38. The molecule has 2 aromatic rings. The van der Waals surface area contributed by atoms with E-state index in [1.54, 1.807) is 6.07 Å². The first-order chi connectivity index (χ1) is 12.0. The van der Waals surface area contributed by atoms with Crippen LogP contribution in [0.5, 0.6) is 23.0 Å². The van der Waals surface area contributed by atoms with Gasteiger partial charge in [-0.15, -0.1) is 0 Å². The smallest absolute Gasteiger partial charge is 0.219 e. The Hall–Kier alpha value is -2.31. The van der Waals surface area contributed by atoms with Gasteiger partial charge < -0.3 is 30.1 Å². The average Bonchev–Trinajstić information content (AvgIpc) is 2.85. The van der Waals surface area contributed by atoms with Gasteiger partial charge in [-0.3, -0.25) is 0 Å². The van der Waals surface area contributed by atoms with E-state index in [0.717, 1.165) is 16.7 Å². The summed E-state index contributed by atoms with van der Waals surface area (Å²) in [7, 11) is 0. The molecule has 7 heteroatoms. The molecular weight excluding hydrogens is 346 g/mol. The first-order valence-corrected chi connectivity index (χ1v) is 8.52. The molecule has 2 heterocycles. The van der Waals surface area contributed by atoms with Crippen molar-refractivity contribution >= 4 is 17.3 Å². The molecule has 0 saturated carbocycles. The van der Waals surface area contributed by atoms with E-state index in [1.807, 2.05) is 0 Å². The molecule has 3 aliphatic rings. The molecule has 6 nitrogen and oxygen atoms in total. The SMILES string of the molecule is Oc1cc2c(cc1O)C1Cc3cc(Cl)c4c(c3OC1(O)C2)NCCO4. The average molecular weight is 362 g/mol. The van der Waals surface area contributed by atoms with Crippen LogP contribution in [-0.4, -0.2) is 34.3 Å². The summed E-state index contributed by atoms with van der Waals surface area (Å²) in [6.07, 6.45) is 0.746. The Kier molecular flexibility index (Phi) is 2.92. The minimum Gasteiger partial charge on any atom is -0.504 e. The number of fused-ring (bicyclic) bond motifs is 6. The minimum atomic E-state index is -1.43. The van der Waals surface area contributed by atoms with Gasteiger partial charge in [-0.05, 0) is 41.3 Å². The number of nitrogens with one attached hydrogen (secondary N) is 1. The normalized spacial score (nSPS) is 25.6. The number of phenolic OH excluding ortho intramolecular Hbond substituents is 2. The van der Waals surface area contributed by atoms with Crippen LogP contribution in [0.1, 0.15) is 22.6 Å². The van der Waals surface area contributed by atoms with Crippen molar-refractivity contribution in [2.75, 3.05) is 18.5 Å². The summed E-state index contributed by atoms with van der Waals surface area (Å²) in [5.74, 6) is -1.09. The summed E-state index contributed by atoms with van der Waals surface area (Å²) in [5, 5.41) is 34.5. The van der Waals surface area contributed by atoms with Crippen LogP contribution >= 0.6 is 11.6 Å². The fourth-order valence-corrected chi connectivity index (χ4v) is 4.37. The summed E-state index contributed by atoms with van der Waals surface area (Å²) in [6.45, 7) is 1.15. The van der Waals surface area contributed by atoms with Crippen molar-refractivity contribution in [3.8, 4) is 23.0 Å². The maximum Gasteiger partial charge on any atom is 0.219 e. The van der Waals surface area contributed by atoms with Gasteiger partial charge in [-0.2, -0.15) is 0 Å². The molecule has 0 radical (unpaired) electrons. The van der Waals surface area contributed by atoms with Crippen LogP contribution in [-0.2, 0) is 12.8 Å². The third-order valence-corrected chi connectivity index (χ3v) is 5.50. The molecule has 2 atom stereocenters. The lowest BCUT2D eigenvalue weighted by molar-refractivity contribution is -0.154. The highest BCUT2D eigenvalue weighted by Crippen LogP contribution is 2.55. The first kappa shape index (κ1) is 15.0. The summed E-state index contributed by atoms with van der Waals surface area (Å²) < 4.78 is 11.7. The Morgan fingerprint density at radius 2 is 1.92 bits per heavy atom. The van der Waals surface area contributed by atoms with Crippen molar-refractivity contribution in [1.82, 2.24) is 0 Å². The molecule has 1 aliphatic carbocycles. The van der Waals surface area contributed by atoms with Gasteiger partial charge in [-0.25, -0.2) is 0 Å². The monoisotopic (exact) mass is 361 g/mol. The van der Waals surface area contributed by atoms with Gasteiger partial charge in [0.1, 0.15) is 12.3 Å². The van der Waals surface area contributed by atoms with Gasteiger partial charge in [-0.1, -0.05) is 11.6 Å². The molecule has 0 fully saturated rings. The molecule has 2 aromatic carbocycles. The Morgan fingerprint density at radius 1 is 1.12 bits per heavy atom. The highest BCUT2D eigenvalue weighted by Gasteiger charge is 2.51. The second kappa shape index (κ2) is 4.86. The largest absolute Gasteiger partial charge is 0.504 e. The maximum absolute atomic E-state index is 11.1. The molecule has 0 amide bonds. The lowest BCUT2D eigenvalue weighted by atomic mass is 9.86. The minimum absolute atomic E-state index is 0.200. The van der Waals surface area contributed by atoms with Crippen molar-refractivity contribution in [3.63, 3.8) is 0 Å². The molecule has 0 saturated heterocycles. The number of rotatable bonds is 0. The molecule has 2 unspecified atom stereocenters. The van der Waals surface area contributed by atoms with Gasteiger partial charge in [0.2, 0.25) is 5.79 Å². The molecule has 25 heavy (non-hydrogen) atoms. The highest BCUT2D eigenvalue weighted by molar-refractivity contribution is 6.32. The van der Waals surface area contributed by atoms with Crippen LogP contribution in [0.25, 0.3) is 0 Å². The number of aliphatic hydroxyl groups is 1. The van der Waals surface area contributed by atoms with Crippen LogP contribution < -0.4 is 14.8 Å². The zero-order chi connectivity index (χ0) is 17.3. The predicted octanol–water partition coefficient (Wildman–Crippen LogP) is 2.52. The summed E-state index contributed by atoms with van der Waals surface area (Å²) in [5.41, 5.74) is 3.08. The van der Waals surface area contributed by atoms with Crippen LogP contribution in [0.2, 0.25) is 5.02 Å². The second-order valence-electron chi connectivity index (χ2n) is 6.75. The van der Waals surface area contributed by atoms with Crippen molar-refractivity contribution in [3.05, 3.63) is 39.9 Å². The topological polar surface area (TPSA) is 91.2 Å². The maximum atomic E-state index is 11.1. The Balaban J connectivity index is 1.65. The number of benzene rings is 2. The summed E-state index contributed by atoms with van der Waals surface area (Å²) >= 11 is 6.35. The van der Waals surface area contributed by atoms with Gasteiger partial charge in [0.05, 0.1) is 10.9 Å². The van der Waals surface area contributed by atoms with E-state index in [0.29, 0.717) is 41.8 Å². The number of halogens is 1. The van der Waals surface area contributed by atoms with Crippen molar-refractivity contribution in [2.24, 2.45) is 0 Å². The standard InChI is InChI=1S/C18H16ClNO5/c19-12-4-8-3-11-10-6-14(22)13(21)5-9(10)7-18(11,23)25-16(8)15-17(12)24-2-1-20-15/h4-6,11,20-23H,1-3,7H2. The van der Waals surface area contributed by atoms with Crippen LogP contribution in [0, 0.1) is 0 Å². The van der Waals surface area contributed by atoms with Crippen LogP contribution in [0.4, 0.5) is 5.69 Å². The van der Waals surface area contributed by atoms with Gasteiger partial charge in [0.25, 0.3) is 0 Å². The molecule has 0 aromatic heterocycles. The predicted molar refractivity (Wildman–Crippen MR) is 90.9 cm³/mol. The molecular formula is C18H16ClNO5. The van der Waals surface area contributed by atoms with E-state index in [-0.39, 0.29) is 23.8 Å². The van der Waals surface area contributed by atoms with Crippen LogP contribution in [0.15, 0.2) is 18.2 Å². The van der Waals surface area contributed by atoms with E-state index in [2.05, 4.69) is 5.32 Å². The fraction of sp³-hybridized carbons (Fsp3) is 0.333. The number of hydrogen-bond acceptors (Lipinski definition) is 6. The number of anilines is 1. The van der Waals surface area contributed by atoms with E-state index in [1.165, 1.54) is 12.1 Å². The Morgan fingerprint density at radius 3 is 2.76 bits per heavy atom. The van der Waals surface area contributed by atoms with E-state index >= 15 is 0 Å². The fourth-order valence-electron chi connectivity index (χ4n) is 4.09. The van der Waals surface area contributed by atoms with Crippen molar-refractivity contribution in [2.45, 2.75) is 24.5 Å². The van der Waals surface area contributed by atoms with Crippen LogP contribution in [0.3, 0.4) is 0 Å². The van der Waals surface area contributed by atoms with E-state index in [4.69, 9.17) is 21.1 Å². The van der Waals surface area contributed by atoms with Crippen molar-refractivity contribution < 1.29 is 24.8 Å². The highest BCUT2D eigenvalue weighted by atomic mass is 35.5. The lowest BCUT2D eigenvalue weighted by Crippen LogP contribution is -2.44. The zero-order valence-corrected chi connectivity index (χ0v) is 13.9.